The van der Waals surface area contributed by atoms with Crippen LogP contribution in [0.25, 0.3) is 0 Å². The van der Waals surface area contributed by atoms with E-state index in [1.54, 1.807) is 4.31 Å². The molecule has 1 N–H and O–H groups in total. The van der Waals surface area contributed by atoms with E-state index in [0.717, 1.165) is 18.4 Å². The summed E-state index contributed by atoms with van der Waals surface area (Å²) < 4.78 is 34.4. The summed E-state index contributed by atoms with van der Waals surface area (Å²) in [6, 6.07) is 10.0. The summed E-state index contributed by atoms with van der Waals surface area (Å²) in [7, 11) is -3.33. The van der Waals surface area contributed by atoms with Crippen molar-refractivity contribution in [3.05, 3.63) is 35.9 Å². The van der Waals surface area contributed by atoms with Crippen molar-refractivity contribution in [1.82, 2.24) is 9.03 Å². The Morgan fingerprint density at radius 3 is 2.57 bits per heavy atom. The Bertz CT molecular complexity index is 554. The van der Waals surface area contributed by atoms with E-state index in [1.807, 2.05) is 37.3 Å². The van der Waals surface area contributed by atoms with Crippen molar-refractivity contribution in [1.29, 1.82) is 0 Å². The molecule has 1 unspecified atom stereocenters. The number of nitrogens with one attached hydrogen (secondary N) is 1. The van der Waals surface area contributed by atoms with Gasteiger partial charge in [-0.3, -0.25) is 0 Å². The molecule has 1 aromatic carbocycles. The van der Waals surface area contributed by atoms with Gasteiger partial charge in [0.15, 0.2) is 0 Å². The lowest BCUT2D eigenvalue weighted by Gasteiger charge is -2.29. The minimum Gasteiger partial charge on any atom is -0.374 e. The monoisotopic (exact) mass is 340 g/mol. The second-order valence-electron chi connectivity index (χ2n) is 6.26. The van der Waals surface area contributed by atoms with Crippen LogP contribution in [0, 0.1) is 5.92 Å². The third-order valence-corrected chi connectivity index (χ3v) is 5.94. The molecule has 1 aromatic rings. The summed E-state index contributed by atoms with van der Waals surface area (Å²) in [5, 5.41) is 0. The van der Waals surface area contributed by atoms with Gasteiger partial charge >= 0.3 is 0 Å². The molecule has 1 saturated heterocycles. The second kappa shape index (κ2) is 8.78. The van der Waals surface area contributed by atoms with Gasteiger partial charge in [0.1, 0.15) is 0 Å². The first-order valence-electron chi connectivity index (χ1n) is 8.40. The minimum atomic E-state index is -3.33. The quantitative estimate of drug-likeness (QED) is 0.740. The highest BCUT2D eigenvalue weighted by molar-refractivity contribution is 7.87. The summed E-state index contributed by atoms with van der Waals surface area (Å²) >= 11 is 0. The molecule has 130 valence electrons. The molecular formula is C17H28N2O3S. The molecule has 2 rings (SSSR count). The van der Waals surface area contributed by atoms with Crippen molar-refractivity contribution in [2.24, 2.45) is 5.92 Å². The molecule has 0 saturated carbocycles. The van der Waals surface area contributed by atoms with Crippen LogP contribution in [0.4, 0.5) is 0 Å². The maximum Gasteiger partial charge on any atom is 0.279 e. The lowest BCUT2D eigenvalue weighted by molar-refractivity contribution is 0.0647. The highest BCUT2D eigenvalue weighted by Gasteiger charge is 2.25. The van der Waals surface area contributed by atoms with E-state index < -0.39 is 10.2 Å². The maximum absolute atomic E-state index is 12.2. The van der Waals surface area contributed by atoms with Crippen LogP contribution >= 0.6 is 0 Å². The SMILES string of the molecule is CC1CCN(S(=O)(=O)NCCCOC(C)c2ccccc2)CC1. The molecule has 1 fully saturated rings. The van der Waals surface area contributed by atoms with E-state index in [1.165, 1.54) is 0 Å². The largest absolute Gasteiger partial charge is 0.374 e. The molecule has 0 bridgehead atoms. The molecule has 0 amide bonds. The molecule has 1 aliphatic rings. The maximum atomic E-state index is 12.2. The number of ether oxygens (including phenoxy) is 1. The third-order valence-electron chi connectivity index (χ3n) is 4.32. The van der Waals surface area contributed by atoms with Crippen molar-refractivity contribution >= 4 is 10.2 Å². The highest BCUT2D eigenvalue weighted by Crippen LogP contribution is 2.18. The van der Waals surface area contributed by atoms with Crippen molar-refractivity contribution < 1.29 is 13.2 Å². The standard InChI is InChI=1S/C17H28N2O3S/c1-15-9-12-19(13-10-15)23(20,21)18-11-6-14-22-16(2)17-7-4-3-5-8-17/h3-5,7-8,15-16,18H,6,9-14H2,1-2H3. The van der Waals surface area contributed by atoms with E-state index in [0.29, 0.717) is 38.6 Å². The van der Waals surface area contributed by atoms with Crippen LogP contribution < -0.4 is 4.72 Å². The first-order chi connectivity index (χ1) is 11.0. The smallest absolute Gasteiger partial charge is 0.279 e. The Kier molecular flexibility index (Phi) is 7.02. The average Bonchev–Trinajstić information content (AvgIpc) is 2.55. The Labute approximate surface area is 140 Å². The summed E-state index contributed by atoms with van der Waals surface area (Å²) in [5.74, 6) is 0.620. The van der Waals surface area contributed by atoms with Crippen LogP contribution in [0.3, 0.4) is 0 Å². The lowest BCUT2D eigenvalue weighted by Crippen LogP contribution is -2.45. The molecule has 0 aromatic heterocycles. The molecule has 23 heavy (non-hydrogen) atoms. The molecular weight excluding hydrogens is 312 g/mol. The van der Waals surface area contributed by atoms with E-state index in [2.05, 4.69) is 11.6 Å². The molecule has 0 aliphatic carbocycles. The normalized spacial score (nSPS) is 18.9. The lowest BCUT2D eigenvalue weighted by atomic mass is 10.0. The predicted octanol–water partition coefficient (Wildman–Crippen LogP) is 2.72. The molecule has 0 radical (unpaired) electrons. The van der Waals surface area contributed by atoms with Gasteiger partial charge in [0.25, 0.3) is 10.2 Å². The van der Waals surface area contributed by atoms with Crippen LogP contribution in [0.15, 0.2) is 30.3 Å². The van der Waals surface area contributed by atoms with E-state index >= 15 is 0 Å². The third kappa shape index (κ3) is 5.88. The van der Waals surface area contributed by atoms with Gasteiger partial charge in [-0.2, -0.15) is 12.7 Å². The zero-order chi connectivity index (χ0) is 16.7. The number of benzene rings is 1. The first kappa shape index (κ1) is 18.4. The number of hydrogen-bond donors (Lipinski definition) is 1. The van der Waals surface area contributed by atoms with Crippen LogP contribution in [0.1, 0.15) is 44.8 Å². The van der Waals surface area contributed by atoms with Crippen molar-refractivity contribution in [3.8, 4) is 0 Å². The van der Waals surface area contributed by atoms with E-state index in [4.69, 9.17) is 4.74 Å². The Morgan fingerprint density at radius 2 is 1.91 bits per heavy atom. The van der Waals surface area contributed by atoms with E-state index in [-0.39, 0.29) is 6.10 Å². The highest BCUT2D eigenvalue weighted by atomic mass is 32.2. The number of nitrogens with zero attached hydrogens (tertiary/aromatic N) is 1. The van der Waals surface area contributed by atoms with Crippen LogP contribution in [0.2, 0.25) is 0 Å². The summed E-state index contributed by atoms with van der Waals surface area (Å²) in [5.41, 5.74) is 1.13. The number of piperidine rings is 1. The van der Waals surface area contributed by atoms with Gasteiger partial charge in [0, 0.05) is 26.2 Å². The molecule has 5 nitrogen and oxygen atoms in total. The molecule has 6 heteroatoms. The van der Waals surface area contributed by atoms with Gasteiger partial charge in [-0.25, -0.2) is 4.72 Å². The van der Waals surface area contributed by atoms with Gasteiger partial charge in [-0.1, -0.05) is 37.3 Å². The van der Waals surface area contributed by atoms with Gasteiger partial charge in [-0.05, 0) is 37.7 Å². The fourth-order valence-electron chi connectivity index (χ4n) is 2.67. The fourth-order valence-corrected chi connectivity index (χ4v) is 3.95. The second-order valence-corrected chi connectivity index (χ2v) is 8.01. The summed E-state index contributed by atoms with van der Waals surface area (Å²) in [4.78, 5) is 0. The van der Waals surface area contributed by atoms with Crippen LogP contribution in [0.5, 0.6) is 0 Å². The fraction of sp³-hybridized carbons (Fsp3) is 0.647. The molecule has 0 spiro atoms. The van der Waals surface area contributed by atoms with Crippen molar-refractivity contribution in [2.45, 2.75) is 39.2 Å². The first-order valence-corrected chi connectivity index (χ1v) is 9.84. The Balaban J connectivity index is 1.65. The van der Waals surface area contributed by atoms with Crippen LogP contribution in [-0.2, 0) is 14.9 Å². The Morgan fingerprint density at radius 1 is 1.26 bits per heavy atom. The zero-order valence-corrected chi connectivity index (χ0v) is 14.9. The number of rotatable bonds is 8. The van der Waals surface area contributed by atoms with Gasteiger partial charge < -0.3 is 4.74 Å². The zero-order valence-electron chi connectivity index (χ0n) is 14.1. The Hall–Kier alpha value is -0.950. The minimum absolute atomic E-state index is 0.0244. The van der Waals surface area contributed by atoms with E-state index in [9.17, 15) is 8.42 Å². The average molecular weight is 340 g/mol. The topological polar surface area (TPSA) is 58.6 Å². The summed E-state index contributed by atoms with van der Waals surface area (Å²) in [6.07, 6.45) is 2.58. The molecule has 1 heterocycles. The van der Waals surface area contributed by atoms with Crippen molar-refractivity contribution in [3.63, 3.8) is 0 Å². The number of hydrogen-bond acceptors (Lipinski definition) is 3. The molecule has 1 aliphatic heterocycles. The molecule has 1 atom stereocenters. The summed E-state index contributed by atoms with van der Waals surface area (Å²) in [6.45, 7) is 6.37. The van der Waals surface area contributed by atoms with Gasteiger partial charge in [0.05, 0.1) is 6.10 Å². The van der Waals surface area contributed by atoms with Gasteiger partial charge in [0.2, 0.25) is 0 Å². The van der Waals surface area contributed by atoms with Gasteiger partial charge in [-0.15, -0.1) is 0 Å². The van der Waals surface area contributed by atoms with Crippen LogP contribution in [-0.4, -0.2) is 39.0 Å². The van der Waals surface area contributed by atoms with Crippen molar-refractivity contribution in [2.75, 3.05) is 26.2 Å². The predicted molar refractivity (Wildman–Crippen MR) is 92.3 cm³/mol.